The number of thiazole rings is 1. The van der Waals surface area contributed by atoms with Gasteiger partial charge in [-0.25, -0.2) is 4.98 Å². The number of piperazine rings is 1. The van der Waals surface area contributed by atoms with Crippen LogP contribution in [0.1, 0.15) is 0 Å². The topological polar surface area (TPSA) is 36.4 Å². The Morgan fingerprint density at radius 1 is 1.29 bits per heavy atom. The quantitative estimate of drug-likeness (QED) is 0.803. The number of thioether (sulfide) groups is 1. The summed E-state index contributed by atoms with van der Waals surface area (Å²) in [5.41, 5.74) is 1.02. The van der Waals surface area contributed by atoms with Crippen molar-refractivity contribution in [3.63, 3.8) is 0 Å². The average Bonchev–Trinajstić information content (AvgIpc) is 2.88. The molecule has 0 radical (unpaired) electrons. The molecule has 2 aromatic rings. The first-order valence-corrected chi connectivity index (χ1v) is 8.47. The minimum atomic E-state index is 0. The van der Waals surface area contributed by atoms with Gasteiger partial charge in [0.05, 0.1) is 16.0 Å². The number of nitrogens with zero attached hydrogens (tertiary/aromatic N) is 3. The molecule has 0 N–H and O–H groups in total. The molecule has 0 aliphatic carbocycles. The Labute approximate surface area is 138 Å². The van der Waals surface area contributed by atoms with Crippen molar-refractivity contribution in [2.75, 3.05) is 39.0 Å². The highest BCUT2D eigenvalue weighted by molar-refractivity contribution is 8.01. The summed E-state index contributed by atoms with van der Waals surface area (Å²) in [5, 5.41) is 0. The van der Waals surface area contributed by atoms with Gasteiger partial charge < -0.3 is 9.80 Å². The molecular weight excluding hydrogens is 326 g/mol. The zero-order valence-corrected chi connectivity index (χ0v) is 14.3. The maximum Gasteiger partial charge on any atom is 0.233 e. The maximum absolute atomic E-state index is 12.2. The SMILES string of the molecule is CN1CCN(C(=O)CSc2nc3ccccc3s2)CC1.Cl. The lowest BCUT2D eigenvalue weighted by Gasteiger charge is -2.32. The van der Waals surface area contributed by atoms with Crippen molar-refractivity contribution in [1.29, 1.82) is 0 Å². The third-order valence-corrected chi connectivity index (χ3v) is 5.61. The highest BCUT2D eigenvalue weighted by atomic mass is 35.5. The number of amides is 1. The highest BCUT2D eigenvalue weighted by Gasteiger charge is 2.19. The smallest absolute Gasteiger partial charge is 0.233 e. The molecule has 1 aromatic carbocycles. The lowest BCUT2D eigenvalue weighted by Crippen LogP contribution is -2.47. The molecule has 1 amide bonds. The fraction of sp³-hybridized carbons (Fsp3) is 0.429. The number of hydrogen-bond acceptors (Lipinski definition) is 5. The van der Waals surface area contributed by atoms with Crippen molar-refractivity contribution in [2.45, 2.75) is 4.34 Å². The van der Waals surface area contributed by atoms with Crippen LogP contribution in [0.25, 0.3) is 10.2 Å². The Morgan fingerprint density at radius 2 is 2.00 bits per heavy atom. The predicted molar refractivity (Wildman–Crippen MR) is 91.7 cm³/mol. The van der Waals surface area contributed by atoms with Crippen LogP contribution in [0.5, 0.6) is 0 Å². The second-order valence-corrected chi connectivity index (χ2v) is 7.17. The molecule has 0 atom stereocenters. The van der Waals surface area contributed by atoms with E-state index in [0.717, 1.165) is 36.0 Å². The Bertz CT molecular complexity index is 578. The van der Waals surface area contributed by atoms with Gasteiger partial charge in [-0.05, 0) is 19.2 Å². The van der Waals surface area contributed by atoms with Gasteiger partial charge in [0, 0.05) is 26.2 Å². The lowest BCUT2D eigenvalue weighted by molar-refractivity contribution is -0.129. The first-order chi connectivity index (χ1) is 9.72. The third-order valence-electron chi connectivity index (χ3n) is 3.45. The number of likely N-dealkylation sites (N-methyl/N-ethyl adjacent to an activating group) is 1. The zero-order valence-electron chi connectivity index (χ0n) is 11.8. The highest BCUT2D eigenvalue weighted by Crippen LogP contribution is 2.29. The van der Waals surface area contributed by atoms with Gasteiger partial charge in [0.15, 0.2) is 4.34 Å². The molecule has 7 heteroatoms. The third kappa shape index (κ3) is 4.10. The van der Waals surface area contributed by atoms with Crippen LogP contribution in [0.4, 0.5) is 0 Å². The number of halogens is 1. The zero-order chi connectivity index (χ0) is 13.9. The van der Waals surface area contributed by atoms with Crippen molar-refractivity contribution in [3.05, 3.63) is 24.3 Å². The minimum Gasteiger partial charge on any atom is -0.339 e. The van der Waals surface area contributed by atoms with E-state index in [2.05, 4.69) is 23.0 Å². The molecule has 0 saturated carbocycles. The van der Waals surface area contributed by atoms with Gasteiger partial charge in [-0.3, -0.25) is 4.79 Å². The lowest BCUT2D eigenvalue weighted by atomic mass is 10.3. The van der Waals surface area contributed by atoms with E-state index in [1.807, 2.05) is 23.1 Å². The van der Waals surface area contributed by atoms with E-state index in [0.29, 0.717) is 5.75 Å². The molecule has 1 saturated heterocycles. The number of para-hydroxylation sites is 1. The van der Waals surface area contributed by atoms with Gasteiger partial charge in [-0.2, -0.15) is 0 Å². The summed E-state index contributed by atoms with van der Waals surface area (Å²) in [6, 6.07) is 8.09. The standard InChI is InChI=1S/C14H17N3OS2.ClH/c1-16-6-8-17(9-7-16)13(18)10-19-14-15-11-4-2-3-5-12(11)20-14;/h2-5H,6-10H2,1H3;1H. The van der Waals surface area contributed by atoms with Gasteiger partial charge in [-0.1, -0.05) is 23.9 Å². The number of carbonyl (C=O) groups is 1. The first-order valence-electron chi connectivity index (χ1n) is 6.67. The average molecular weight is 344 g/mol. The van der Waals surface area contributed by atoms with E-state index >= 15 is 0 Å². The molecule has 0 spiro atoms. The van der Waals surface area contributed by atoms with Gasteiger partial charge in [0.1, 0.15) is 0 Å². The van der Waals surface area contributed by atoms with Crippen molar-refractivity contribution in [2.24, 2.45) is 0 Å². The molecule has 0 bridgehead atoms. The molecular formula is C14H18ClN3OS2. The van der Waals surface area contributed by atoms with Crippen LogP contribution in [0.15, 0.2) is 28.6 Å². The van der Waals surface area contributed by atoms with Crippen LogP contribution in [0.3, 0.4) is 0 Å². The summed E-state index contributed by atoms with van der Waals surface area (Å²) in [5.74, 6) is 0.714. The van der Waals surface area contributed by atoms with Gasteiger partial charge in [0.2, 0.25) is 5.91 Å². The van der Waals surface area contributed by atoms with Gasteiger partial charge in [-0.15, -0.1) is 23.7 Å². The Balaban J connectivity index is 0.00000161. The summed E-state index contributed by atoms with van der Waals surface area (Å²) in [6.07, 6.45) is 0. The Kier molecular flexibility index (Phi) is 5.87. The summed E-state index contributed by atoms with van der Waals surface area (Å²) in [7, 11) is 2.09. The molecule has 1 fully saturated rings. The second-order valence-electron chi connectivity index (χ2n) is 4.92. The fourth-order valence-corrected chi connectivity index (χ4v) is 4.15. The van der Waals surface area contributed by atoms with Gasteiger partial charge >= 0.3 is 0 Å². The van der Waals surface area contributed by atoms with Crippen molar-refractivity contribution >= 4 is 51.6 Å². The van der Waals surface area contributed by atoms with Crippen LogP contribution in [0, 0.1) is 0 Å². The van der Waals surface area contributed by atoms with Crippen LogP contribution >= 0.6 is 35.5 Å². The van der Waals surface area contributed by atoms with Crippen LogP contribution in [-0.4, -0.2) is 59.7 Å². The maximum atomic E-state index is 12.2. The predicted octanol–water partition coefficient (Wildman–Crippen LogP) is 2.58. The monoisotopic (exact) mass is 343 g/mol. The van der Waals surface area contributed by atoms with E-state index in [1.165, 1.54) is 4.70 Å². The summed E-state index contributed by atoms with van der Waals surface area (Å²) < 4.78 is 2.16. The molecule has 2 heterocycles. The van der Waals surface area contributed by atoms with E-state index in [4.69, 9.17) is 0 Å². The fourth-order valence-electron chi connectivity index (χ4n) is 2.18. The van der Waals surface area contributed by atoms with E-state index in [9.17, 15) is 4.79 Å². The molecule has 4 nitrogen and oxygen atoms in total. The van der Waals surface area contributed by atoms with Crippen molar-refractivity contribution < 1.29 is 4.79 Å². The van der Waals surface area contributed by atoms with Crippen LogP contribution in [-0.2, 0) is 4.79 Å². The normalized spacial score (nSPS) is 16.0. The largest absolute Gasteiger partial charge is 0.339 e. The van der Waals surface area contributed by atoms with E-state index < -0.39 is 0 Å². The molecule has 1 aromatic heterocycles. The Hall–Kier alpha value is -0.820. The molecule has 1 aliphatic heterocycles. The number of fused-ring (bicyclic) bond motifs is 1. The number of aromatic nitrogens is 1. The number of carbonyl (C=O) groups excluding carboxylic acids is 1. The van der Waals surface area contributed by atoms with Crippen LogP contribution < -0.4 is 0 Å². The summed E-state index contributed by atoms with van der Waals surface area (Å²) >= 11 is 3.21. The number of hydrogen-bond donors (Lipinski definition) is 0. The van der Waals surface area contributed by atoms with Crippen molar-refractivity contribution in [3.8, 4) is 0 Å². The Morgan fingerprint density at radius 3 is 2.71 bits per heavy atom. The van der Waals surface area contributed by atoms with Crippen molar-refractivity contribution in [1.82, 2.24) is 14.8 Å². The molecule has 3 rings (SSSR count). The molecule has 114 valence electrons. The van der Waals surface area contributed by atoms with Crippen LogP contribution in [0.2, 0.25) is 0 Å². The molecule has 21 heavy (non-hydrogen) atoms. The molecule has 1 aliphatic rings. The molecule has 0 unspecified atom stereocenters. The number of benzene rings is 1. The van der Waals surface area contributed by atoms with Gasteiger partial charge in [0.25, 0.3) is 0 Å². The van der Waals surface area contributed by atoms with E-state index in [1.54, 1.807) is 23.1 Å². The minimum absolute atomic E-state index is 0. The summed E-state index contributed by atoms with van der Waals surface area (Å²) in [6.45, 7) is 3.63. The number of rotatable bonds is 3. The summed E-state index contributed by atoms with van der Waals surface area (Å²) in [4.78, 5) is 20.9. The second kappa shape index (κ2) is 7.45. The first kappa shape index (κ1) is 16.5. The van der Waals surface area contributed by atoms with E-state index in [-0.39, 0.29) is 18.3 Å².